The Kier molecular flexibility index (Phi) is 5.84. The highest BCUT2D eigenvalue weighted by Crippen LogP contribution is 2.19. The molecule has 0 aliphatic heterocycles. The predicted molar refractivity (Wildman–Crippen MR) is 107 cm³/mol. The van der Waals surface area contributed by atoms with Crippen molar-refractivity contribution in [2.24, 2.45) is 0 Å². The molecule has 0 spiro atoms. The SMILES string of the molecule is CCC(C(=O)NNC(=O)c1nn(CC)c(=O)c2ccccc12)c1ccccc1. The number of carbonyl (C=O) groups excluding carboxylic acids is 2. The number of carbonyl (C=O) groups is 2. The van der Waals surface area contributed by atoms with Gasteiger partial charge in [-0.1, -0.05) is 55.5 Å². The Morgan fingerprint density at radius 2 is 1.61 bits per heavy atom. The standard InChI is InChI=1S/C21H22N4O3/c1-3-15(14-10-6-5-7-11-14)19(26)22-23-20(27)18-16-12-8-9-13-17(16)21(28)25(4-2)24-18/h5-13,15H,3-4H2,1-2H3,(H,22,26)(H,23,27). The van der Waals surface area contributed by atoms with Gasteiger partial charge in [-0.2, -0.15) is 5.10 Å². The molecule has 0 bridgehead atoms. The van der Waals surface area contributed by atoms with Gasteiger partial charge in [0, 0.05) is 11.9 Å². The number of fused-ring (bicyclic) bond motifs is 1. The van der Waals surface area contributed by atoms with Gasteiger partial charge in [-0.3, -0.25) is 25.2 Å². The van der Waals surface area contributed by atoms with Gasteiger partial charge >= 0.3 is 0 Å². The van der Waals surface area contributed by atoms with Gasteiger partial charge in [0.1, 0.15) is 0 Å². The van der Waals surface area contributed by atoms with Crippen LogP contribution in [0.15, 0.2) is 59.4 Å². The minimum Gasteiger partial charge on any atom is -0.273 e. The molecule has 1 atom stereocenters. The van der Waals surface area contributed by atoms with Crippen molar-refractivity contribution in [3.63, 3.8) is 0 Å². The maximum atomic E-state index is 12.7. The molecular weight excluding hydrogens is 356 g/mol. The number of benzene rings is 2. The summed E-state index contributed by atoms with van der Waals surface area (Å²) >= 11 is 0. The molecule has 0 aliphatic rings. The third-order valence-corrected chi connectivity index (χ3v) is 4.61. The van der Waals surface area contributed by atoms with E-state index >= 15 is 0 Å². The van der Waals surface area contributed by atoms with Crippen LogP contribution in [-0.2, 0) is 11.3 Å². The molecule has 2 N–H and O–H groups in total. The number of nitrogens with zero attached hydrogens (tertiary/aromatic N) is 2. The highest BCUT2D eigenvalue weighted by atomic mass is 16.2. The molecule has 0 saturated carbocycles. The Hall–Kier alpha value is -3.48. The fourth-order valence-corrected chi connectivity index (χ4v) is 3.14. The lowest BCUT2D eigenvalue weighted by molar-refractivity contribution is -0.123. The van der Waals surface area contributed by atoms with E-state index in [2.05, 4.69) is 16.0 Å². The molecule has 3 aromatic rings. The van der Waals surface area contributed by atoms with Crippen molar-refractivity contribution >= 4 is 22.6 Å². The predicted octanol–water partition coefficient (Wildman–Crippen LogP) is 2.37. The van der Waals surface area contributed by atoms with Crippen molar-refractivity contribution in [3.8, 4) is 0 Å². The zero-order valence-electron chi connectivity index (χ0n) is 15.8. The molecule has 0 fully saturated rings. The number of hydrazine groups is 1. The third-order valence-electron chi connectivity index (χ3n) is 4.61. The van der Waals surface area contributed by atoms with Crippen molar-refractivity contribution in [2.45, 2.75) is 32.7 Å². The van der Waals surface area contributed by atoms with Crippen molar-refractivity contribution in [3.05, 3.63) is 76.2 Å². The lowest BCUT2D eigenvalue weighted by atomic mass is 9.96. The first kappa shape index (κ1) is 19.3. The van der Waals surface area contributed by atoms with Crippen LogP contribution >= 0.6 is 0 Å². The van der Waals surface area contributed by atoms with E-state index in [1.165, 1.54) is 4.68 Å². The smallest absolute Gasteiger partial charge is 0.273 e. The van der Waals surface area contributed by atoms with Crippen LogP contribution in [0.4, 0.5) is 0 Å². The third kappa shape index (κ3) is 3.78. The van der Waals surface area contributed by atoms with E-state index in [0.717, 1.165) is 5.56 Å². The van der Waals surface area contributed by atoms with Gasteiger partial charge in [-0.15, -0.1) is 0 Å². The van der Waals surface area contributed by atoms with Crippen molar-refractivity contribution in [2.75, 3.05) is 0 Å². The Labute approximate surface area is 162 Å². The van der Waals surface area contributed by atoms with Crippen LogP contribution in [0.3, 0.4) is 0 Å². The number of rotatable bonds is 5. The summed E-state index contributed by atoms with van der Waals surface area (Å²) in [5.41, 5.74) is 5.62. The van der Waals surface area contributed by atoms with Gasteiger partial charge in [0.05, 0.1) is 11.3 Å². The van der Waals surface area contributed by atoms with Gasteiger partial charge in [-0.25, -0.2) is 4.68 Å². The van der Waals surface area contributed by atoms with E-state index in [4.69, 9.17) is 0 Å². The zero-order valence-corrected chi connectivity index (χ0v) is 15.8. The summed E-state index contributed by atoms with van der Waals surface area (Å²) < 4.78 is 1.23. The number of hydrogen-bond acceptors (Lipinski definition) is 4. The van der Waals surface area contributed by atoms with E-state index in [-0.39, 0.29) is 23.1 Å². The Balaban J connectivity index is 1.83. The Morgan fingerprint density at radius 3 is 2.25 bits per heavy atom. The summed E-state index contributed by atoms with van der Waals surface area (Å²) in [5, 5.41) is 5.01. The first-order chi connectivity index (χ1) is 13.6. The fourth-order valence-electron chi connectivity index (χ4n) is 3.14. The first-order valence-corrected chi connectivity index (χ1v) is 9.21. The average Bonchev–Trinajstić information content (AvgIpc) is 2.74. The van der Waals surface area contributed by atoms with Gasteiger partial charge in [0.25, 0.3) is 11.5 Å². The van der Waals surface area contributed by atoms with E-state index in [1.54, 1.807) is 31.2 Å². The van der Waals surface area contributed by atoms with Crippen LogP contribution in [0.1, 0.15) is 42.2 Å². The Morgan fingerprint density at radius 1 is 0.964 bits per heavy atom. The number of hydrogen-bond donors (Lipinski definition) is 2. The fraction of sp³-hybridized carbons (Fsp3) is 0.238. The lowest BCUT2D eigenvalue weighted by Gasteiger charge is -2.16. The molecule has 0 saturated heterocycles. The van der Waals surface area contributed by atoms with E-state index in [1.807, 2.05) is 37.3 Å². The Bertz CT molecular complexity index is 1060. The highest BCUT2D eigenvalue weighted by molar-refractivity contribution is 6.05. The summed E-state index contributed by atoms with van der Waals surface area (Å²) in [5.74, 6) is -1.26. The highest BCUT2D eigenvalue weighted by Gasteiger charge is 2.21. The molecule has 2 amide bonds. The summed E-state index contributed by atoms with van der Waals surface area (Å²) in [6, 6.07) is 16.2. The largest absolute Gasteiger partial charge is 0.290 e. The molecule has 0 radical (unpaired) electrons. The van der Waals surface area contributed by atoms with Gasteiger partial charge in [0.15, 0.2) is 5.69 Å². The number of amides is 2. The van der Waals surface area contributed by atoms with Gasteiger partial charge in [-0.05, 0) is 25.0 Å². The van der Waals surface area contributed by atoms with E-state index in [9.17, 15) is 14.4 Å². The monoisotopic (exact) mass is 378 g/mol. The topological polar surface area (TPSA) is 93.1 Å². The number of aromatic nitrogens is 2. The molecule has 3 rings (SSSR count). The molecule has 7 nitrogen and oxygen atoms in total. The van der Waals surface area contributed by atoms with Gasteiger partial charge in [0.2, 0.25) is 5.91 Å². The van der Waals surface area contributed by atoms with Crippen LogP contribution in [0.5, 0.6) is 0 Å². The molecule has 28 heavy (non-hydrogen) atoms. The summed E-state index contributed by atoms with van der Waals surface area (Å²) in [7, 11) is 0. The first-order valence-electron chi connectivity index (χ1n) is 9.21. The van der Waals surface area contributed by atoms with Crippen molar-refractivity contribution < 1.29 is 9.59 Å². The van der Waals surface area contributed by atoms with E-state index < -0.39 is 5.91 Å². The second-order valence-electron chi connectivity index (χ2n) is 6.33. The van der Waals surface area contributed by atoms with Gasteiger partial charge < -0.3 is 0 Å². The molecule has 7 heteroatoms. The van der Waals surface area contributed by atoms with Crippen LogP contribution in [-0.4, -0.2) is 21.6 Å². The molecule has 2 aromatic carbocycles. The maximum Gasteiger partial charge on any atom is 0.290 e. The second kappa shape index (κ2) is 8.47. The van der Waals surface area contributed by atoms with Crippen LogP contribution in [0.25, 0.3) is 10.8 Å². The summed E-state index contributed by atoms with van der Waals surface area (Å²) in [4.78, 5) is 37.6. The molecule has 144 valence electrons. The lowest BCUT2D eigenvalue weighted by Crippen LogP contribution is -2.44. The second-order valence-corrected chi connectivity index (χ2v) is 6.33. The molecule has 1 unspecified atom stereocenters. The minimum absolute atomic E-state index is 0.0881. The average molecular weight is 378 g/mol. The van der Waals surface area contributed by atoms with Crippen LogP contribution < -0.4 is 16.4 Å². The zero-order chi connectivity index (χ0) is 20.1. The molecule has 1 heterocycles. The molecular formula is C21H22N4O3. The minimum atomic E-state index is -0.574. The summed E-state index contributed by atoms with van der Waals surface area (Å²) in [6.45, 7) is 4.02. The van der Waals surface area contributed by atoms with Crippen LogP contribution in [0.2, 0.25) is 0 Å². The molecule has 0 aliphatic carbocycles. The van der Waals surface area contributed by atoms with Crippen LogP contribution in [0, 0.1) is 0 Å². The normalized spacial score (nSPS) is 11.8. The van der Waals surface area contributed by atoms with E-state index in [0.29, 0.717) is 23.7 Å². The summed E-state index contributed by atoms with van der Waals surface area (Å²) in [6.07, 6.45) is 0.591. The quantitative estimate of drug-likeness (QED) is 0.667. The van der Waals surface area contributed by atoms with Crippen molar-refractivity contribution in [1.29, 1.82) is 0 Å². The number of nitrogens with one attached hydrogen (secondary N) is 2. The van der Waals surface area contributed by atoms with Crippen molar-refractivity contribution in [1.82, 2.24) is 20.6 Å². The maximum absolute atomic E-state index is 12.7. The molecule has 1 aromatic heterocycles. The number of aryl methyl sites for hydroxylation is 1.